The first-order valence-corrected chi connectivity index (χ1v) is 9.87. The average molecular weight is 401 g/mol. The molecule has 1 saturated heterocycles. The van der Waals surface area contributed by atoms with Gasteiger partial charge in [0.2, 0.25) is 5.91 Å². The Morgan fingerprint density at radius 1 is 1.11 bits per heavy atom. The molecule has 5 nitrogen and oxygen atoms in total. The van der Waals surface area contributed by atoms with Gasteiger partial charge in [0.15, 0.2) is 0 Å². The number of likely N-dealkylation sites (tertiary alicyclic amines) is 1. The molecule has 6 heteroatoms. The lowest BCUT2D eigenvalue weighted by Crippen LogP contribution is -2.42. The summed E-state index contributed by atoms with van der Waals surface area (Å²) in [6.07, 6.45) is 2.10. The van der Waals surface area contributed by atoms with E-state index < -0.39 is 6.04 Å². The molecular formula is C22H25ClN2O3. The van der Waals surface area contributed by atoms with E-state index in [0.29, 0.717) is 23.7 Å². The van der Waals surface area contributed by atoms with Crippen LogP contribution in [0.25, 0.3) is 0 Å². The van der Waals surface area contributed by atoms with Gasteiger partial charge >= 0.3 is 0 Å². The summed E-state index contributed by atoms with van der Waals surface area (Å²) >= 11 is 6.16. The van der Waals surface area contributed by atoms with Crippen molar-refractivity contribution in [3.05, 3.63) is 70.7 Å². The van der Waals surface area contributed by atoms with Gasteiger partial charge in [-0.15, -0.1) is 0 Å². The Morgan fingerprint density at radius 3 is 2.39 bits per heavy atom. The number of nitrogens with zero attached hydrogens (tertiary/aromatic N) is 1. The number of hydrogen-bond acceptors (Lipinski definition) is 3. The fraction of sp³-hybridized carbons (Fsp3) is 0.364. The largest absolute Gasteiger partial charge is 0.381 e. The number of carbonyl (C=O) groups is 2. The number of benzene rings is 2. The maximum Gasteiger partial charge on any atom is 0.253 e. The first kappa shape index (κ1) is 20.4. The molecule has 3 rings (SSSR count). The van der Waals surface area contributed by atoms with E-state index >= 15 is 0 Å². The van der Waals surface area contributed by atoms with Crippen molar-refractivity contribution in [1.82, 2.24) is 10.2 Å². The highest BCUT2D eigenvalue weighted by molar-refractivity contribution is 6.33. The molecule has 0 bridgehead atoms. The Balaban J connectivity index is 1.72. The molecule has 1 heterocycles. The van der Waals surface area contributed by atoms with Crippen LogP contribution in [-0.4, -0.2) is 43.0 Å². The summed E-state index contributed by atoms with van der Waals surface area (Å²) in [6, 6.07) is 16.0. The van der Waals surface area contributed by atoms with Crippen LogP contribution in [0.3, 0.4) is 0 Å². The van der Waals surface area contributed by atoms with Crippen molar-refractivity contribution in [2.75, 3.05) is 20.2 Å². The molecule has 0 aromatic heterocycles. The third kappa shape index (κ3) is 5.12. The van der Waals surface area contributed by atoms with Crippen molar-refractivity contribution < 1.29 is 14.3 Å². The Kier molecular flexibility index (Phi) is 7.06. The van der Waals surface area contributed by atoms with Crippen molar-refractivity contribution in [3.63, 3.8) is 0 Å². The molecule has 1 fully saturated rings. The molecule has 1 aliphatic heterocycles. The van der Waals surface area contributed by atoms with Gasteiger partial charge in [0.1, 0.15) is 0 Å². The second-order valence-corrected chi connectivity index (χ2v) is 7.34. The molecule has 148 valence electrons. The SMILES string of the molecule is COC1CCN(C(=O)CC(NC(=O)c2ccccc2Cl)c2ccccc2)CC1. The zero-order valence-electron chi connectivity index (χ0n) is 15.9. The third-order valence-corrected chi connectivity index (χ3v) is 5.46. The molecule has 2 aromatic carbocycles. The normalized spacial score (nSPS) is 15.9. The Hall–Kier alpha value is -2.37. The Bertz CT molecular complexity index is 804. The number of methoxy groups -OCH3 is 1. The van der Waals surface area contributed by atoms with Gasteiger partial charge in [0, 0.05) is 20.2 Å². The number of nitrogens with one attached hydrogen (secondary N) is 1. The van der Waals surface area contributed by atoms with Gasteiger partial charge in [-0.3, -0.25) is 9.59 Å². The fourth-order valence-electron chi connectivity index (χ4n) is 3.46. The minimum Gasteiger partial charge on any atom is -0.381 e. The Morgan fingerprint density at radius 2 is 1.75 bits per heavy atom. The number of rotatable bonds is 6. The summed E-state index contributed by atoms with van der Waals surface area (Å²) in [5.41, 5.74) is 1.29. The van der Waals surface area contributed by atoms with Gasteiger partial charge in [-0.2, -0.15) is 0 Å². The highest BCUT2D eigenvalue weighted by atomic mass is 35.5. The summed E-state index contributed by atoms with van der Waals surface area (Å²) in [4.78, 5) is 27.5. The van der Waals surface area contributed by atoms with E-state index in [9.17, 15) is 9.59 Å². The van der Waals surface area contributed by atoms with Gasteiger partial charge < -0.3 is 15.0 Å². The summed E-state index contributed by atoms with van der Waals surface area (Å²) in [6.45, 7) is 1.36. The minimum absolute atomic E-state index is 0.0304. The maximum atomic E-state index is 12.9. The highest BCUT2D eigenvalue weighted by Crippen LogP contribution is 2.22. The molecule has 0 radical (unpaired) electrons. The van der Waals surface area contributed by atoms with Crippen LogP contribution in [0, 0.1) is 0 Å². The zero-order valence-corrected chi connectivity index (χ0v) is 16.7. The molecule has 1 N–H and O–H groups in total. The first-order valence-electron chi connectivity index (χ1n) is 9.49. The van der Waals surface area contributed by atoms with E-state index in [2.05, 4.69) is 5.32 Å². The number of amides is 2. The van der Waals surface area contributed by atoms with Crippen LogP contribution >= 0.6 is 11.6 Å². The van der Waals surface area contributed by atoms with Crippen LogP contribution in [0.1, 0.15) is 41.2 Å². The number of halogens is 1. The number of piperidine rings is 1. The van der Waals surface area contributed by atoms with E-state index in [4.69, 9.17) is 16.3 Å². The summed E-state index contributed by atoms with van der Waals surface area (Å²) in [5, 5.41) is 3.37. The predicted molar refractivity (Wildman–Crippen MR) is 109 cm³/mol. The van der Waals surface area contributed by atoms with Gasteiger partial charge in [-0.05, 0) is 30.5 Å². The van der Waals surface area contributed by atoms with Crippen LogP contribution < -0.4 is 5.32 Å². The van der Waals surface area contributed by atoms with Crippen molar-refractivity contribution in [3.8, 4) is 0 Å². The standard InChI is InChI=1S/C22H25ClN2O3/c1-28-17-11-13-25(14-12-17)21(26)15-20(16-7-3-2-4-8-16)24-22(27)18-9-5-6-10-19(18)23/h2-10,17,20H,11-15H2,1H3,(H,24,27). The van der Waals surface area contributed by atoms with E-state index in [1.54, 1.807) is 31.4 Å². The molecule has 1 unspecified atom stereocenters. The molecule has 0 saturated carbocycles. The quantitative estimate of drug-likeness (QED) is 0.801. The molecule has 0 aliphatic carbocycles. The summed E-state index contributed by atoms with van der Waals surface area (Å²) < 4.78 is 5.37. The van der Waals surface area contributed by atoms with Gasteiger partial charge in [0.25, 0.3) is 5.91 Å². The van der Waals surface area contributed by atoms with Crippen molar-refractivity contribution in [1.29, 1.82) is 0 Å². The minimum atomic E-state index is -0.419. The lowest BCUT2D eigenvalue weighted by atomic mass is 10.0. The molecule has 0 spiro atoms. The molecule has 2 aromatic rings. The number of carbonyl (C=O) groups excluding carboxylic acids is 2. The topological polar surface area (TPSA) is 58.6 Å². The lowest BCUT2D eigenvalue weighted by molar-refractivity contribution is -0.134. The molecular weight excluding hydrogens is 376 g/mol. The van der Waals surface area contributed by atoms with Gasteiger partial charge in [-0.1, -0.05) is 54.1 Å². The van der Waals surface area contributed by atoms with Crippen LogP contribution in [0.5, 0.6) is 0 Å². The fourth-order valence-corrected chi connectivity index (χ4v) is 3.69. The van der Waals surface area contributed by atoms with Crippen molar-refractivity contribution >= 4 is 23.4 Å². The van der Waals surface area contributed by atoms with Crippen molar-refractivity contribution in [2.24, 2.45) is 0 Å². The van der Waals surface area contributed by atoms with E-state index in [0.717, 1.165) is 18.4 Å². The summed E-state index contributed by atoms with van der Waals surface area (Å²) in [5.74, 6) is -0.256. The summed E-state index contributed by atoms with van der Waals surface area (Å²) in [7, 11) is 1.71. The van der Waals surface area contributed by atoms with Crippen LogP contribution in [0.15, 0.2) is 54.6 Å². The van der Waals surface area contributed by atoms with Crippen LogP contribution in [0.2, 0.25) is 5.02 Å². The van der Waals surface area contributed by atoms with Crippen LogP contribution in [-0.2, 0) is 9.53 Å². The van der Waals surface area contributed by atoms with Gasteiger partial charge in [0.05, 0.1) is 29.2 Å². The molecule has 28 heavy (non-hydrogen) atoms. The average Bonchev–Trinajstić information content (AvgIpc) is 2.74. The maximum absolute atomic E-state index is 12.9. The molecule has 1 aliphatic rings. The van der Waals surface area contributed by atoms with Crippen LogP contribution in [0.4, 0.5) is 0 Å². The molecule has 1 atom stereocenters. The first-order chi connectivity index (χ1) is 13.6. The van der Waals surface area contributed by atoms with Gasteiger partial charge in [-0.25, -0.2) is 0 Å². The highest BCUT2D eigenvalue weighted by Gasteiger charge is 2.26. The van der Waals surface area contributed by atoms with E-state index in [1.807, 2.05) is 35.2 Å². The second kappa shape index (κ2) is 9.71. The lowest BCUT2D eigenvalue weighted by Gasteiger charge is -2.32. The van der Waals surface area contributed by atoms with Crippen molar-refractivity contribution in [2.45, 2.75) is 31.4 Å². The number of hydrogen-bond donors (Lipinski definition) is 1. The number of ether oxygens (including phenoxy) is 1. The predicted octanol–water partition coefficient (Wildman–Crippen LogP) is 3.84. The Labute approximate surface area is 170 Å². The zero-order chi connectivity index (χ0) is 19.9. The van der Waals surface area contributed by atoms with E-state index in [1.165, 1.54) is 0 Å². The van der Waals surface area contributed by atoms with E-state index in [-0.39, 0.29) is 24.3 Å². The monoisotopic (exact) mass is 400 g/mol. The smallest absolute Gasteiger partial charge is 0.253 e. The second-order valence-electron chi connectivity index (χ2n) is 6.94. The third-order valence-electron chi connectivity index (χ3n) is 5.13. The molecule has 2 amide bonds.